The molecular formula is C17H23ClN2O3. The lowest BCUT2D eigenvalue weighted by Crippen LogP contribution is -2.42. The number of piperidine rings is 1. The quantitative estimate of drug-likeness (QED) is 0.776. The van der Waals surface area contributed by atoms with Gasteiger partial charge in [-0.05, 0) is 24.3 Å². The zero-order chi connectivity index (χ0) is 16.7. The van der Waals surface area contributed by atoms with E-state index in [1.54, 1.807) is 16.8 Å². The van der Waals surface area contributed by atoms with Crippen LogP contribution in [-0.2, 0) is 16.1 Å². The number of benzene rings is 1. The first-order valence-electron chi connectivity index (χ1n) is 7.85. The highest BCUT2D eigenvalue weighted by atomic mass is 35.5. The van der Waals surface area contributed by atoms with E-state index in [0.717, 1.165) is 18.4 Å². The van der Waals surface area contributed by atoms with Gasteiger partial charge in [0.2, 0.25) is 5.91 Å². The van der Waals surface area contributed by atoms with Crippen molar-refractivity contribution in [1.82, 2.24) is 9.80 Å². The number of ether oxygens (including phenoxy) is 1. The van der Waals surface area contributed by atoms with E-state index in [2.05, 4.69) is 0 Å². The second-order valence-corrected chi connectivity index (χ2v) is 6.15. The van der Waals surface area contributed by atoms with Crippen LogP contribution in [0.3, 0.4) is 0 Å². The van der Waals surface area contributed by atoms with Gasteiger partial charge in [0.15, 0.2) is 0 Å². The molecule has 126 valence electrons. The molecule has 1 aliphatic heterocycles. The molecule has 0 atom stereocenters. The van der Waals surface area contributed by atoms with Crippen molar-refractivity contribution in [3.8, 4) is 0 Å². The first-order valence-corrected chi connectivity index (χ1v) is 8.39. The number of halogens is 1. The second kappa shape index (κ2) is 8.77. The molecule has 6 heteroatoms. The zero-order valence-corrected chi connectivity index (χ0v) is 14.2. The summed E-state index contributed by atoms with van der Waals surface area (Å²) in [4.78, 5) is 27.0. The molecule has 0 saturated carbocycles. The molecule has 1 saturated heterocycles. The average Bonchev–Trinajstić information content (AvgIpc) is 2.60. The van der Waals surface area contributed by atoms with Crippen molar-refractivity contribution in [2.45, 2.75) is 19.4 Å². The number of nitrogens with zero attached hydrogens (tertiary/aromatic N) is 2. The van der Waals surface area contributed by atoms with Crippen molar-refractivity contribution < 1.29 is 14.3 Å². The van der Waals surface area contributed by atoms with Crippen LogP contribution in [0.25, 0.3) is 0 Å². The van der Waals surface area contributed by atoms with E-state index in [4.69, 9.17) is 16.3 Å². The molecule has 0 spiro atoms. The summed E-state index contributed by atoms with van der Waals surface area (Å²) in [6.07, 6.45) is 1.48. The summed E-state index contributed by atoms with van der Waals surface area (Å²) >= 11 is 5.55. The van der Waals surface area contributed by atoms with Crippen molar-refractivity contribution in [2.24, 2.45) is 5.92 Å². The van der Waals surface area contributed by atoms with E-state index in [0.29, 0.717) is 32.2 Å². The molecule has 23 heavy (non-hydrogen) atoms. The third kappa shape index (κ3) is 5.43. The van der Waals surface area contributed by atoms with Gasteiger partial charge in [0.05, 0.1) is 0 Å². The highest BCUT2D eigenvalue weighted by molar-refractivity contribution is 6.27. The van der Waals surface area contributed by atoms with E-state index in [1.165, 1.54) is 0 Å². The molecule has 1 fully saturated rings. The molecule has 2 amide bonds. The lowest BCUT2D eigenvalue weighted by atomic mass is 9.96. The van der Waals surface area contributed by atoms with E-state index in [1.807, 2.05) is 30.3 Å². The van der Waals surface area contributed by atoms with Gasteiger partial charge < -0.3 is 14.5 Å². The van der Waals surface area contributed by atoms with Crippen molar-refractivity contribution in [3.63, 3.8) is 0 Å². The fourth-order valence-electron chi connectivity index (χ4n) is 2.70. The van der Waals surface area contributed by atoms with Gasteiger partial charge in [-0.3, -0.25) is 4.79 Å². The summed E-state index contributed by atoms with van der Waals surface area (Å²) < 4.78 is 5.34. The van der Waals surface area contributed by atoms with E-state index in [9.17, 15) is 9.59 Å². The van der Waals surface area contributed by atoms with Crippen LogP contribution in [0.5, 0.6) is 0 Å². The Morgan fingerprint density at radius 3 is 2.52 bits per heavy atom. The number of hydrogen-bond acceptors (Lipinski definition) is 3. The number of rotatable bonds is 5. The molecule has 0 N–H and O–H groups in total. The Morgan fingerprint density at radius 1 is 1.26 bits per heavy atom. The van der Waals surface area contributed by atoms with E-state index < -0.39 is 0 Å². The standard InChI is InChI=1S/C17H23ClN2O3/c1-19(16(21)11-18)12-14-7-9-20(10-8-14)17(22)23-13-15-5-3-2-4-6-15/h2-6,14H,7-13H2,1H3. The minimum Gasteiger partial charge on any atom is -0.445 e. The fourth-order valence-corrected chi connectivity index (χ4v) is 2.90. The van der Waals surface area contributed by atoms with Crippen LogP contribution in [-0.4, -0.2) is 54.4 Å². The predicted molar refractivity (Wildman–Crippen MR) is 89.3 cm³/mol. The highest BCUT2D eigenvalue weighted by Crippen LogP contribution is 2.19. The molecule has 0 radical (unpaired) electrons. The maximum absolute atomic E-state index is 12.1. The van der Waals surface area contributed by atoms with Crippen LogP contribution in [0.1, 0.15) is 18.4 Å². The monoisotopic (exact) mass is 338 g/mol. The second-order valence-electron chi connectivity index (χ2n) is 5.88. The molecule has 0 aromatic heterocycles. The third-order valence-corrected chi connectivity index (χ3v) is 4.38. The molecular weight excluding hydrogens is 316 g/mol. The van der Waals surface area contributed by atoms with Crippen molar-refractivity contribution >= 4 is 23.6 Å². The van der Waals surface area contributed by atoms with Crippen LogP contribution in [0.2, 0.25) is 0 Å². The fraction of sp³-hybridized carbons (Fsp3) is 0.529. The van der Waals surface area contributed by atoms with Crippen LogP contribution >= 0.6 is 11.6 Å². The Bertz CT molecular complexity index is 516. The summed E-state index contributed by atoms with van der Waals surface area (Å²) in [6, 6.07) is 9.65. The van der Waals surface area contributed by atoms with Crippen LogP contribution in [0, 0.1) is 5.92 Å². The van der Waals surface area contributed by atoms with Gasteiger partial charge in [-0.1, -0.05) is 30.3 Å². The van der Waals surface area contributed by atoms with Gasteiger partial charge in [-0.2, -0.15) is 0 Å². The van der Waals surface area contributed by atoms with E-state index in [-0.39, 0.29) is 17.9 Å². The van der Waals surface area contributed by atoms with Gasteiger partial charge in [-0.15, -0.1) is 11.6 Å². The van der Waals surface area contributed by atoms with Crippen molar-refractivity contribution in [2.75, 3.05) is 32.6 Å². The van der Waals surface area contributed by atoms with Crippen LogP contribution in [0.4, 0.5) is 4.79 Å². The molecule has 0 unspecified atom stereocenters. The first kappa shape index (κ1) is 17.6. The Kier molecular flexibility index (Phi) is 6.71. The normalized spacial score (nSPS) is 15.3. The number of alkyl halides is 1. The third-order valence-electron chi connectivity index (χ3n) is 4.15. The number of carbonyl (C=O) groups excluding carboxylic acids is 2. The van der Waals surface area contributed by atoms with Gasteiger partial charge in [0.25, 0.3) is 0 Å². The maximum Gasteiger partial charge on any atom is 0.410 e. The molecule has 0 aliphatic carbocycles. The van der Waals surface area contributed by atoms with Crippen molar-refractivity contribution in [3.05, 3.63) is 35.9 Å². The smallest absolute Gasteiger partial charge is 0.410 e. The first-order chi connectivity index (χ1) is 11.1. The molecule has 1 aromatic rings. The van der Waals surface area contributed by atoms with Crippen LogP contribution < -0.4 is 0 Å². The number of amides is 2. The Morgan fingerprint density at radius 2 is 1.91 bits per heavy atom. The lowest BCUT2D eigenvalue weighted by molar-refractivity contribution is -0.128. The maximum atomic E-state index is 12.1. The molecule has 0 bridgehead atoms. The Hall–Kier alpha value is -1.75. The van der Waals surface area contributed by atoms with Crippen LogP contribution in [0.15, 0.2) is 30.3 Å². The predicted octanol–water partition coefficient (Wildman–Crippen LogP) is 2.73. The molecule has 5 nitrogen and oxygen atoms in total. The molecule has 1 heterocycles. The van der Waals surface area contributed by atoms with Gasteiger partial charge >= 0.3 is 6.09 Å². The number of carbonyl (C=O) groups is 2. The van der Waals surface area contributed by atoms with E-state index >= 15 is 0 Å². The minimum atomic E-state index is -0.266. The molecule has 2 rings (SSSR count). The summed E-state index contributed by atoms with van der Waals surface area (Å²) in [5.41, 5.74) is 0.983. The summed E-state index contributed by atoms with van der Waals surface area (Å²) in [7, 11) is 1.77. The zero-order valence-electron chi connectivity index (χ0n) is 13.4. The Balaban J connectivity index is 1.71. The summed E-state index contributed by atoms with van der Waals surface area (Å²) in [5.74, 6) is 0.364. The number of hydrogen-bond donors (Lipinski definition) is 0. The number of likely N-dealkylation sites (tertiary alicyclic amines) is 1. The minimum absolute atomic E-state index is 0.0150. The largest absolute Gasteiger partial charge is 0.445 e. The summed E-state index contributed by atoms with van der Waals surface area (Å²) in [5, 5.41) is 0. The average molecular weight is 339 g/mol. The highest BCUT2D eigenvalue weighted by Gasteiger charge is 2.25. The van der Waals surface area contributed by atoms with Gasteiger partial charge in [0.1, 0.15) is 12.5 Å². The summed E-state index contributed by atoms with van der Waals surface area (Å²) in [6.45, 7) is 2.33. The lowest BCUT2D eigenvalue weighted by Gasteiger charge is -2.33. The van der Waals surface area contributed by atoms with Crippen molar-refractivity contribution in [1.29, 1.82) is 0 Å². The molecule has 1 aromatic carbocycles. The Labute approximate surface area is 142 Å². The molecule has 1 aliphatic rings. The van der Waals surface area contributed by atoms with Gasteiger partial charge in [0, 0.05) is 26.7 Å². The SMILES string of the molecule is CN(CC1CCN(C(=O)OCc2ccccc2)CC1)C(=O)CCl. The van der Waals surface area contributed by atoms with Gasteiger partial charge in [-0.25, -0.2) is 4.79 Å². The topological polar surface area (TPSA) is 49.9 Å².